The van der Waals surface area contributed by atoms with Crippen molar-refractivity contribution in [3.05, 3.63) is 52.8 Å². The zero-order chi connectivity index (χ0) is 23.0. The lowest BCUT2D eigenvalue weighted by Gasteiger charge is -2.47. The Bertz CT molecular complexity index is 1030. The van der Waals surface area contributed by atoms with Crippen molar-refractivity contribution in [2.45, 2.75) is 58.5 Å². The van der Waals surface area contributed by atoms with Gasteiger partial charge in [0.2, 0.25) is 0 Å². The second-order valence-electron chi connectivity index (χ2n) is 9.28. The number of aryl methyl sites for hydroxylation is 3. The summed E-state index contributed by atoms with van der Waals surface area (Å²) in [6, 6.07) is 9.94. The van der Waals surface area contributed by atoms with E-state index >= 15 is 0 Å². The monoisotopic (exact) mass is 438 g/mol. The Morgan fingerprint density at radius 2 is 1.75 bits per heavy atom. The SMILES string of the molecule is CC(=O)[N+](C)(C1CCN(c2cc(C)nc(C)c2)CC1)C1CCc2ccc(OC(=O)O)cc21. The van der Waals surface area contributed by atoms with Crippen LogP contribution in [0, 0.1) is 13.8 Å². The molecule has 1 N–H and O–H groups in total. The maximum atomic E-state index is 13.1. The highest BCUT2D eigenvalue weighted by Gasteiger charge is 2.48. The Hall–Kier alpha value is -2.93. The molecule has 2 unspecified atom stereocenters. The summed E-state index contributed by atoms with van der Waals surface area (Å²) in [5.41, 5.74) is 5.47. The van der Waals surface area contributed by atoms with Gasteiger partial charge >= 0.3 is 12.1 Å². The van der Waals surface area contributed by atoms with E-state index in [1.54, 1.807) is 13.0 Å². The standard InChI is InChI=1S/C25H31N3O4/c1-16-13-20(14-17(2)26-16)27-11-9-21(10-12-27)28(4,18(3)29)24-8-6-19-5-7-22(15-23(19)24)32-25(30)31/h5,7,13-15,21,24H,6,8-12H2,1-4H3/p+1. The minimum absolute atomic E-state index is 0.0156. The Labute approximate surface area is 189 Å². The molecule has 1 aliphatic carbocycles. The fraction of sp³-hybridized carbons (Fsp3) is 0.480. The van der Waals surface area contributed by atoms with E-state index in [0.717, 1.165) is 55.7 Å². The molecular formula is C25H32N3O4+. The molecule has 0 spiro atoms. The van der Waals surface area contributed by atoms with Crippen molar-refractivity contribution >= 4 is 17.7 Å². The number of nitrogens with zero attached hydrogens (tertiary/aromatic N) is 3. The summed E-state index contributed by atoms with van der Waals surface area (Å²) < 4.78 is 5.25. The predicted octanol–water partition coefficient (Wildman–Crippen LogP) is 4.40. The largest absolute Gasteiger partial charge is 0.511 e. The number of piperidine rings is 1. The van der Waals surface area contributed by atoms with Crippen LogP contribution in [0.4, 0.5) is 10.5 Å². The maximum Gasteiger partial charge on any atom is 0.511 e. The molecule has 7 nitrogen and oxygen atoms in total. The van der Waals surface area contributed by atoms with Gasteiger partial charge in [0.25, 0.3) is 0 Å². The van der Waals surface area contributed by atoms with Gasteiger partial charge < -0.3 is 14.7 Å². The molecule has 2 heterocycles. The molecule has 2 aromatic rings. The summed E-state index contributed by atoms with van der Waals surface area (Å²) in [5, 5.41) is 9.00. The fourth-order valence-corrected chi connectivity index (χ4v) is 5.67. The quantitative estimate of drug-likeness (QED) is 0.433. The van der Waals surface area contributed by atoms with E-state index in [0.29, 0.717) is 10.2 Å². The molecule has 1 amide bonds. The number of ether oxygens (including phenoxy) is 1. The molecule has 0 radical (unpaired) electrons. The topological polar surface area (TPSA) is 79.7 Å². The number of pyridine rings is 1. The number of anilines is 1. The van der Waals surface area contributed by atoms with Crippen LogP contribution in [0.5, 0.6) is 5.75 Å². The number of amides is 1. The van der Waals surface area contributed by atoms with E-state index in [4.69, 9.17) is 9.84 Å². The van der Waals surface area contributed by atoms with Crippen molar-refractivity contribution < 1.29 is 23.9 Å². The minimum Gasteiger partial charge on any atom is -0.449 e. The summed E-state index contributed by atoms with van der Waals surface area (Å²) >= 11 is 0. The molecule has 7 heteroatoms. The maximum absolute atomic E-state index is 13.1. The lowest BCUT2D eigenvalue weighted by atomic mass is 9.94. The van der Waals surface area contributed by atoms with Gasteiger partial charge in [-0.05, 0) is 50.1 Å². The minimum atomic E-state index is -1.32. The average molecular weight is 439 g/mol. The highest BCUT2D eigenvalue weighted by Crippen LogP contribution is 2.44. The number of benzene rings is 1. The van der Waals surface area contributed by atoms with E-state index in [9.17, 15) is 9.59 Å². The van der Waals surface area contributed by atoms with Crippen LogP contribution in [0.2, 0.25) is 0 Å². The van der Waals surface area contributed by atoms with Crippen LogP contribution in [-0.4, -0.2) is 52.8 Å². The summed E-state index contributed by atoms with van der Waals surface area (Å²) in [7, 11) is 2.06. The van der Waals surface area contributed by atoms with Gasteiger partial charge in [-0.1, -0.05) is 6.07 Å². The van der Waals surface area contributed by atoms with Gasteiger partial charge in [-0.25, -0.2) is 9.59 Å². The van der Waals surface area contributed by atoms with E-state index in [1.165, 1.54) is 11.3 Å². The molecule has 1 aliphatic heterocycles. The zero-order valence-corrected chi connectivity index (χ0v) is 19.3. The average Bonchev–Trinajstić information content (AvgIpc) is 3.15. The number of fused-ring (bicyclic) bond motifs is 1. The van der Waals surface area contributed by atoms with Gasteiger partial charge in [-0.15, -0.1) is 0 Å². The van der Waals surface area contributed by atoms with Crippen molar-refractivity contribution in [3.8, 4) is 5.75 Å². The number of carboxylic acid groups (broad SMARTS) is 1. The summed E-state index contributed by atoms with van der Waals surface area (Å²) in [6.07, 6.45) is 2.30. The second kappa shape index (κ2) is 8.54. The summed E-state index contributed by atoms with van der Waals surface area (Å²) in [4.78, 5) is 31.0. The van der Waals surface area contributed by atoms with Gasteiger partial charge in [0, 0.05) is 55.0 Å². The molecule has 0 bridgehead atoms. The van der Waals surface area contributed by atoms with Crippen molar-refractivity contribution in [2.75, 3.05) is 25.0 Å². The normalized spacial score (nSPS) is 20.5. The highest BCUT2D eigenvalue weighted by molar-refractivity contribution is 5.67. The van der Waals surface area contributed by atoms with Gasteiger partial charge in [0.1, 0.15) is 11.8 Å². The van der Waals surface area contributed by atoms with Gasteiger partial charge in [-0.3, -0.25) is 9.47 Å². The molecule has 32 heavy (non-hydrogen) atoms. The number of hydrogen-bond acceptors (Lipinski definition) is 5. The third kappa shape index (κ3) is 4.09. The van der Waals surface area contributed by atoms with Crippen molar-refractivity contribution in [3.63, 3.8) is 0 Å². The molecular weight excluding hydrogens is 406 g/mol. The molecule has 2 atom stereocenters. The summed E-state index contributed by atoms with van der Waals surface area (Å²) in [5.74, 6) is 0.470. The number of hydrogen-bond donors (Lipinski definition) is 1. The van der Waals surface area contributed by atoms with Crippen molar-refractivity contribution in [1.29, 1.82) is 0 Å². The first-order chi connectivity index (χ1) is 15.2. The number of aromatic nitrogens is 1. The molecule has 1 fully saturated rings. The number of quaternary nitrogens is 1. The van der Waals surface area contributed by atoms with E-state index in [1.807, 2.05) is 26.0 Å². The zero-order valence-electron chi connectivity index (χ0n) is 19.3. The Morgan fingerprint density at radius 1 is 1.09 bits per heavy atom. The van der Waals surface area contributed by atoms with Crippen LogP contribution in [0.3, 0.4) is 0 Å². The first-order valence-electron chi connectivity index (χ1n) is 11.3. The molecule has 1 aromatic heterocycles. The fourth-order valence-electron chi connectivity index (χ4n) is 5.67. The predicted molar refractivity (Wildman–Crippen MR) is 122 cm³/mol. The van der Waals surface area contributed by atoms with Crippen LogP contribution >= 0.6 is 0 Å². The molecule has 170 valence electrons. The first-order valence-corrected chi connectivity index (χ1v) is 11.3. The van der Waals surface area contributed by atoms with Crippen LogP contribution in [0.25, 0.3) is 0 Å². The molecule has 0 saturated carbocycles. The second-order valence-corrected chi connectivity index (χ2v) is 9.28. The van der Waals surface area contributed by atoms with E-state index in [2.05, 4.69) is 29.1 Å². The Balaban J connectivity index is 1.57. The Morgan fingerprint density at radius 3 is 2.34 bits per heavy atom. The third-order valence-corrected chi connectivity index (χ3v) is 7.35. The van der Waals surface area contributed by atoms with Gasteiger partial charge in [0.05, 0.1) is 20.0 Å². The van der Waals surface area contributed by atoms with Crippen LogP contribution in [0.1, 0.15) is 54.7 Å². The molecule has 1 saturated heterocycles. The first kappa shape index (κ1) is 22.3. The van der Waals surface area contributed by atoms with E-state index in [-0.39, 0.29) is 18.0 Å². The van der Waals surface area contributed by atoms with Crippen molar-refractivity contribution in [2.24, 2.45) is 0 Å². The van der Waals surface area contributed by atoms with Crippen LogP contribution in [-0.2, 0) is 11.2 Å². The van der Waals surface area contributed by atoms with Crippen molar-refractivity contribution in [1.82, 2.24) is 4.98 Å². The lowest BCUT2D eigenvalue weighted by molar-refractivity contribution is -0.891. The smallest absolute Gasteiger partial charge is 0.449 e. The number of rotatable bonds is 4. The highest BCUT2D eigenvalue weighted by atomic mass is 16.7. The molecule has 2 aliphatic rings. The van der Waals surface area contributed by atoms with Gasteiger partial charge in [0.15, 0.2) is 0 Å². The van der Waals surface area contributed by atoms with Crippen LogP contribution < -0.4 is 9.64 Å². The van der Waals surface area contributed by atoms with Crippen LogP contribution in [0.15, 0.2) is 30.3 Å². The molecule has 4 rings (SSSR count). The van der Waals surface area contributed by atoms with Gasteiger partial charge in [-0.2, -0.15) is 0 Å². The summed E-state index contributed by atoms with van der Waals surface area (Å²) in [6.45, 7) is 7.53. The number of carbonyl (C=O) groups excluding carboxylic acids is 1. The third-order valence-electron chi connectivity index (χ3n) is 7.35. The Kier molecular flexibility index (Phi) is 5.95. The lowest BCUT2D eigenvalue weighted by Crippen LogP contribution is -2.60. The van der Waals surface area contributed by atoms with E-state index < -0.39 is 6.16 Å². The molecule has 1 aromatic carbocycles. The number of carbonyl (C=O) groups is 2.